The Balaban J connectivity index is 1.61. The Morgan fingerprint density at radius 1 is 1.52 bits per heavy atom. The van der Waals surface area contributed by atoms with Crippen molar-refractivity contribution in [1.29, 1.82) is 0 Å². The van der Waals surface area contributed by atoms with Crippen molar-refractivity contribution >= 4 is 22.4 Å². The highest BCUT2D eigenvalue weighted by atomic mass is 32.1. The highest BCUT2D eigenvalue weighted by Gasteiger charge is 2.28. The number of thiazole rings is 1. The molecule has 1 aromatic carbocycles. The second kappa shape index (κ2) is 7.19. The molecule has 0 unspecified atom stereocenters. The van der Waals surface area contributed by atoms with Gasteiger partial charge in [0, 0.05) is 24.7 Å². The topological polar surface area (TPSA) is 36.4 Å². The number of nitrogens with zero attached hydrogens (tertiary/aromatic N) is 3. The molecule has 6 heteroatoms. The van der Waals surface area contributed by atoms with E-state index in [-0.39, 0.29) is 11.7 Å². The molecule has 2 aromatic rings. The van der Waals surface area contributed by atoms with Gasteiger partial charge < -0.3 is 0 Å². The van der Waals surface area contributed by atoms with E-state index in [9.17, 15) is 9.18 Å². The quantitative estimate of drug-likeness (QED) is 0.844. The standard InChI is InChI=1S/C17H20FN3OS/c1-20(17-19-7-9-23-17)16(22)12-21-8-3-6-15(21)11-13-4-2-5-14(18)10-13/h2,4-5,7,9-10,15H,3,6,8,11-12H2,1H3/t15-/m1/s1. The van der Waals surface area contributed by atoms with E-state index in [2.05, 4.69) is 9.88 Å². The number of likely N-dealkylation sites (N-methyl/N-ethyl adjacent to an activating group) is 1. The predicted octanol–water partition coefficient (Wildman–Crippen LogP) is 2.95. The first-order valence-corrected chi connectivity index (χ1v) is 8.66. The number of amides is 1. The zero-order chi connectivity index (χ0) is 16.2. The van der Waals surface area contributed by atoms with Crippen molar-refractivity contribution in [3.05, 3.63) is 47.2 Å². The normalized spacial score (nSPS) is 18.3. The SMILES string of the molecule is CN(C(=O)CN1CCC[C@@H]1Cc1cccc(F)c1)c1nccs1. The molecule has 0 saturated carbocycles. The molecule has 3 rings (SSSR count). The minimum absolute atomic E-state index is 0.0473. The number of anilines is 1. The number of rotatable bonds is 5. The summed E-state index contributed by atoms with van der Waals surface area (Å²) in [7, 11) is 1.76. The van der Waals surface area contributed by atoms with E-state index >= 15 is 0 Å². The summed E-state index contributed by atoms with van der Waals surface area (Å²) in [5, 5.41) is 2.58. The Hall–Kier alpha value is -1.79. The largest absolute Gasteiger partial charge is 0.291 e. The molecule has 1 saturated heterocycles. The van der Waals surface area contributed by atoms with Crippen molar-refractivity contribution in [2.45, 2.75) is 25.3 Å². The molecule has 1 atom stereocenters. The van der Waals surface area contributed by atoms with E-state index in [1.807, 2.05) is 11.4 Å². The molecule has 23 heavy (non-hydrogen) atoms. The van der Waals surface area contributed by atoms with Crippen LogP contribution >= 0.6 is 11.3 Å². The third-order valence-electron chi connectivity index (χ3n) is 4.28. The Morgan fingerprint density at radius 3 is 3.13 bits per heavy atom. The van der Waals surface area contributed by atoms with E-state index in [0.717, 1.165) is 36.5 Å². The number of benzene rings is 1. The Labute approximate surface area is 139 Å². The number of likely N-dealkylation sites (tertiary alicyclic amines) is 1. The van der Waals surface area contributed by atoms with Gasteiger partial charge in [0.2, 0.25) is 5.91 Å². The summed E-state index contributed by atoms with van der Waals surface area (Å²) in [4.78, 5) is 20.4. The number of halogens is 1. The molecule has 1 aromatic heterocycles. The predicted molar refractivity (Wildman–Crippen MR) is 90.2 cm³/mol. The number of hydrogen-bond acceptors (Lipinski definition) is 4. The van der Waals surface area contributed by atoms with E-state index < -0.39 is 0 Å². The second-order valence-electron chi connectivity index (χ2n) is 5.87. The van der Waals surface area contributed by atoms with Crippen LogP contribution in [0.1, 0.15) is 18.4 Å². The molecule has 1 amide bonds. The minimum atomic E-state index is -0.202. The number of carbonyl (C=O) groups is 1. The molecule has 0 bridgehead atoms. The molecule has 1 aliphatic rings. The molecular formula is C17H20FN3OS. The molecule has 0 aliphatic carbocycles. The Bertz CT molecular complexity index is 662. The van der Waals surface area contributed by atoms with Crippen LogP contribution in [-0.4, -0.2) is 42.0 Å². The van der Waals surface area contributed by atoms with Gasteiger partial charge in [-0.3, -0.25) is 14.6 Å². The number of aromatic nitrogens is 1. The van der Waals surface area contributed by atoms with Crippen LogP contribution in [0.3, 0.4) is 0 Å². The molecule has 122 valence electrons. The van der Waals surface area contributed by atoms with Crippen LogP contribution < -0.4 is 4.90 Å². The smallest absolute Gasteiger partial charge is 0.242 e. The molecule has 1 fully saturated rings. The van der Waals surface area contributed by atoms with Gasteiger partial charge in [0.05, 0.1) is 6.54 Å². The van der Waals surface area contributed by atoms with E-state index in [0.29, 0.717) is 12.6 Å². The van der Waals surface area contributed by atoms with E-state index in [1.165, 1.54) is 17.4 Å². The van der Waals surface area contributed by atoms with Gasteiger partial charge in [-0.25, -0.2) is 9.37 Å². The van der Waals surface area contributed by atoms with Gasteiger partial charge in [0.15, 0.2) is 5.13 Å². The first-order valence-electron chi connectivity index (χ1n) is 7.78. The third-order valence-corrected chi connectivity index (χ3v) is 5.13. The van der Waals surface area contributed by atoms with Crippen molar-refractivity contribution in [2.24, 2.45) is 0 Å². The molecule has 0 spiro atoms. The summed E-state index contributed by atoms with van der Waals surface area (Å²) >= 11 is 1.46. The van der Waals surface area contributed by atoms with Crippen LogP contribution in [0.5, 0.6) is 0 Å². The summed E-state index contributed by atoms with van der Waals surface area (Å²) in [5.41, 5.74) is 0.989. The summed E-state index contributed by atoms with van der Waals surface area (Å²) in [5.74, 6) is -0.155. The maximum Gasteiger partial charge on any atom is 0.242 e. The molecule has 1 aliphatic heterocycles. The van der Waals surface area contributed by atoms with Gasteiger partial charge in [-0.1, -0.05) is 12.1 Å². The first-order chi connectivity index (χ1) is 11.1. The number of carbonyl (C=O) groups excluding carboxylic acids is 1. The lowest BCUT2D eigenvalue weighted by Gasteiger charge is -2.25. The summed E-state index contributed by atoms with van der Waals surface area (Å²) in [6.07, 6.45) is 4.61. The minimum Gasteiger partial charge on any atom is -0.291 e. The zero-order valence-electron chi connectivity index (χ0n) is 13.1. The lowest BCUT2D eigenvalue weighted by atomic mass is 10.0. The lowest BCUT2D eigenvalue weighted by Crippen LogP contribution is -2.41. The Morgan fingerprint density at radius 2 is 2.39 bits per heavy atom. The van der Waals surface area contributed by atoms with Crippen LogP contribution in [0.4, 0.5) is 9.52 Å². The van der Waals surface area contributed by atoms with Crippen molar-refractivity contribution in [2.75, 3.05) is 25.0 Å². The van der Waals surface area contributed by atoms with Crippen LogP contribution in [0.2, 0.25) is 0 Å². The van der Waals surface area contributed by atoms with Gasteiger partial charge in [0.25, 0.3) is 0 Å². The molecule has 0 N–H and O–H groups in total. The number of hydrogen-bond donors (Lipinski definition) is 0. The lowest BCUT2D eigenvalue weighted by molar-refractivity contribution is -0.119. The summed E-state index contributed by atoms with van der Waals surface area (Å²) in [6, 6.07) is 7.03. The van der Waals surface area contributed by atoms with Gasteiger partial charge >= 0.3 is 0 Å². The van der Waals surface area contributed by atoms with Crippen molar-refractivity contribution in [1.82, 2.24) is 9.88 Å². The van der Waals surface area contributed by atoms with Crippen molar-refractivity contribution < 1.29 is 9.18 Å². The molecule has 0 radical (unpaired) electrons. The fourth-order valence-electron chi connectivity index (χ4n) is 3.04. The first kappa shape index (κ1) is 16.1. The van der Waals surface area contributed by atoms with Crippen LogP contribution in [0.25, 0.3) is 0 Å². The van der Waals surface area contributed by atoms with Gasteiger partial charge in [-0.2, -0.15) is 0 Å². The maximum absolute atomic E-state index is 13.3. The third kappa shape index (κ3) is 3.95. The van der Waals surface area contributed by atoms with E-state index in [1.54, 1.807) is 30.3 Å². The van der Waals surface area contributed by atoms with Gasteiger partial charge in [0.1, 0.15) is 5.82 Å². The Kier molecular flexibility index (Phi) is 5.03. The second-order valence-corrected chi connectivity index (χ2v) is 6.74. The van der Waals surface area contributed by atoms with Gasteiger partial charge in [-0.05, 0) is 43.5 Å². The zero-order valence-corrected chi connectivity index (χ0v) is 13.9. The van der Waals surface area contributed by atoms with Crippen molar-refractivity contribution in [3.63, 3.8) is 0 Å². The molecule has 2 heterocycles. The maximum atomic E-state index is 13.3. The summed E-state index contributed by atoms with van der Waals surface area (Å²) in [6.45, 7) is 1.30. The summed E-state index contributed by atoms with van der Waals surface area (Å²) < 4.78 is 13.3. The van der Waals surface area contributed by atoms with Crippen molar-refractivity contribution in [3.8, 4) is 0 Å². The molecule has 4 nitrogen and oxygen atoms in total. The fraction of sp³-hybridized carbons (Fsp3) is 0.412. The highest BCUT2D eigenvalue weighted by Crippen LogP contribution is 2.22. The average Bonchev–Trinajstić information content (AvgIpc) is 3.19. The van der Waals surface area contributed by atoms with Gasteiger partial charge in [-0.15, -0.1) is 11.3 Å². The average molecular weight is 333 g/mol. The highest BCUT2D eigenvalue weighted by molar-refractivity contribution is 7.13. The van der Waals surface area contributed by atoms with E-state index in [4.69, 9.17) is 0 Å². The van der Waals surface area contributed by atoms with Crippen LogP contribution in [-0.2, 0) is 11.2 Å². The monoisotopic (exact) mass is 333 g/mol. The fourth-order valence-corrected chi connectivity index (χ4v) is 3.66. The van der Waals surface area contributed by atoms with Crippen LogP contribution in [0.15, 0.2) is 35.8 Å². The van der Waals surface area contributed by atoms with Crippen LogP contribution in [0, 0.1) is 5.82 Å². The molecular weight excluding hydrogens is 313 g/mol.